The van der Waals surface area contributed by atoms with Crippen LogP contribution in [0.1, 0.15) is 25.0 Å². The highest BCUT2D eigenvalue weighted by atomic mass is 16.5. The molecule has 1 aliphatic carbocycles. The Labute approximate surface area is 197 Å². The van der Waals surface area contributed by atoms with E-state index in [-0.39, 0.29) is 5.78 Å². The lowest BCUT2D eigenvalue weighted by Crippen LogP contribution is -2.36. The van der Waals surface area contributed by atoms with Gasteiger partial charge in [0.2, 0.25) is 0 Å². The van der Waals surface area contributed by atoms with Crippen LogP contribution < -0.4 is 10.2 Å². The number of imidazole rings is 1. The quantitative estimate of drug-likeness (QED) is 0.502. The van der Waals surface area contributed by atoms with Gasteiger partial charge in [0, 0.05) is 49.1 Å². The van der Waals surface area contributed by atoms with Crippen molar-refractivity contribution in [1.82, 2.24) is 19.4 Å². The third kappa shape index (κ3) is 3.51. The molecule has 172 valence electrons. The minimum Gasteiger partial charge on any atom is -0.378 e. The molecule has 4 aromatic rings. The van der Waals surface area contributed by atoms with E-state index in [4.69, 9.17) is 9.72 Å². The first-order chi connectivity index (χ1) is 16.5. The van der Waals surface area contributed by atoms with Crippen LogP contribution >= 0.6 is 0 Å². The smallest absolute Gasteiger partial charge is 0.180 e. The lowest BCUT2D eigenvalue weighted by Gasteiger charge is -2.27. The van der Waals surface area contributed by atoms with Gasteiger partial charge in [-0.15, -0.1) is 0 Å². The van der Waals surface area contributed by atoms with Crippen LogP contribution in [-0.2, 0) is 21.4 Å². The van der Waals surface area contributed by atoms with Gasteiger partial charge in [-0.1, -0.05) is 12.1 Å². The fourth-order valence-electron chi connectivity index (χ4n) is 4.78. The zero-order valence-corrected chi connectivity index (χ0v) is 19.3. The number of carbonyl (C=O) groups is 1. The van der Waals surface area contributed by atoms with Gasteiger partial charge in [-0.25, -0.2) is 15.0 Å². The molecule has 8 nitrogen and oxygen atoms in total. The molecular formula is C26H26N6O2. The van der Waals surface area contributed by atoms with Gasteiger partial charge in [-0.3, -0.25) is 4.79 Å². The number of morpholine rings is 1. The number of carbonyl (C=O) groups excluding carboxylic acids is 1. The maximum atomic E-state index is 12.5. The Balaban J connectivity index is 1.32. The Morgan fingerprint density at radius 1 is 1.09 bits per heavy atom. The number of ether oxygens (including phenoxy) is 1. The molecule has 1 saturated heterocycles. The molecule has 1 N–H and O–H groups in total. The van der Waals surface area contributed by atoms with Crippen LogP contribution in [-0.4, -0.2) is 51.4 Å². The standard InChI is InChI=1S/C26H26N6O2/c1-26(2)20-5-3-17(13-18(20)14-22(26)33)21-16-32-8-7-27-25(32)24(30-21)29-19-4-6-23(28-15-19)31-9-11-34-12-10-31/h3-8,13,15-16H,9-12,14H2,1-2H3,(H,29,30). The number of nitrogens with one attached hydrogen (secondary N) is 1. The van der Waals surface area contributed by atoms with Crippen molar-refractivity contribution in [1.29, 1.82) is 0 Å². The Morgan fingerprint density at radius 3 is 2.74 bits per heavy atom. The second kappa shape index (κ2) is 7.92. The van der Waals surface area contributed by atoms with Crippen LogP contribution in [0.2, 0.25) is 0 Å². The molecule has 0 unspecified atom stereocenters. The van der Waals surface area contributed by atoms with Gasteiger partial charge in [-0.2, -0.15) is 0 Å². The number of Topliss-reactive ketones (excluding diaryl/α,β-unsaturated/α-hetero) is 1. The van der Waals surface area contributed by atoms with Gasteiger partial charge < -0.3 is 19.4 Å². The van der Waals surface area contributed by atoms with Crippen LogP contribution in [0.5, 0.6) is 0 Å². The summed E-state index contributed by atoms with van der Waals surface area (Å²) < 4.78 is 7.39. The van der Waals surface area contributed by atoms with Gasteiger partial charge >= 0.3 is 0 Å². The molecule has 6 rings (SSSR count). The van der Waals surface area contributed by atoms with Crippen LogP contribution in [0, 0.1) is 0 Å². The zero-order valence-electron chi connectivity index (χ0n) is 19.3. The lowest BCUT2D eigenvalue weighted by molar-refractivity contribution is -0.121. The van der Waals surface area contributed by atoms with Crippen molar-refractivity contribution in [3.05, 3.63) is 66.2 Å². The molecule has 0 amide bonds. The normalized spacial score (nSPS) is 17.2. The van der Waals surface area contributed by atoms with Crippen molar-refractivity contribution < 1.29 is 9.53 Å². The lowest BCUT2D eigenvalue weighted by atomic mass is 9.85. The van der Waals surface area contributed by atoms with Gasteiger partial charge in [-0.05, 0) is 43.2 Å². The number of pyridine rings is 1. The number of hydrogen-bond donors (Lipinski definition) is 1. The average molecular weight is 455 g/mol. The molecule has 0 bridgehead atoms. The highest BCUT2D eigenvalue weighted by molar-refractivity contribution is 5.96. The van der Waals surface area contributed by atoms with Crippen molar-refractivity contribution in [2.24, 2.45) is 0 Å². The zero-order chi connectivity index (χ0) is 23.3. The molecule has 2 aliphatic rings. The van der Waals surface area contributed by atoms with Crippen molar-refractivity contribution in [2.45, 2.75) is 25.7 Å². The Bertz CT molecular complexity index is 1390. The third-order valence-electron chi connectivity index (χ3n) is 6.84. The largest absolute Gasteiger partial charge is 0.378 e. The average Bonchev–Trinajstić information content (AvgIpc) is 3.42. The minimum absolute atomic E-state index is 0.257. The summed E-state index contributed by atoms with van der Waals surface area (Å²) in [7, 11) is 0. The number of hydrogen-bond acceptors (Lipinski definition) is 7. The van der Waals surface area contributed by atoms with Crippen LogP contribution in [0.3, 0.4) is 0 Å². The van der Waals surface area contributed by atoms with Crippen LogP contribution in [0.15, 0.2) is 55.1 Å². The summed E-state index contributed by atoms with van der Waals surface area (Å²) in [5, 5.41) is 3.39. The summed E-state index contributed by atoms with van der Waals surface area (Å²) in [4.78, 5) is 28.7. The second-order valence-electron chi connectivity index (χ2n) is 9.36. The predicted molar refractivity (Wildman–Crippen MR) is 131 cm³/mol. The van der Waals surface area contributed by atoms with E-state index in [1.165, 1.54) is 0 Å². The number of fused-ring (bicyclic) bond motifs is 2. The van der Waals surface area contributed by atoms with Gasteiger partial charge in [0.15, 0.2) is 11.5 Å². The van der Waals surface area contributed by atoms with E-state index in [9.17, 15) is 4.79 Å². The van der Waals surface area contributed by atoms with E-state index in [2.05, 4.69) is 32.3 Å². The summed E-state index contributed by atoms with van der Waals surface area (Å²) in [5.74, 6) is 1.85. The highest BCUT2D eigenvalue weighted by Gasteiger charge is 2.37. The number of anilines is 3. The molecule has 1 aliphatic heterocycles. The van der Waals surface area contributed by atoms with Crippen molar-refractivity contribution in [3.63, 3.8) is 0 Å². The predicted octanol–water partition coefficient (Wildman–Crippen LogP) is 3.77. The Morgan fingerprint density at radius 2 is 1.94 bits per heavy atom. The summed E-state index contributed by atoms with van der Waals surface area (Å²) in [5.41, 5.74) is 5.12. The summed E-state index contributed by atoms with van der Waals surface area (Å²) >= 11 is 0. The third-order valence-corrected chi connectivity index (χ3v) is 6.84. The molecule has 4 heterocycles. The maximum Gasteiger partial charge on any atom is 0.180 e. The number of benzene rings is 1. The first kappa shape index (κ1) is 20.8. The monoisotopic (exact) mass is 454 g/mol. The summed E-state index contributed by atoms with van der Waals surface area (Å²) in [6.45, 7) is 7.15. The fourth-order valence-corrected chi connectivity index (χ4v) is 4.78. The first-order valence-electron chi connectivity index (χ1n) is 11.6. The molecule has 1 fully saturated rings. The molecular weight excluding hydrogens is 428 g/mol. The number of aromatic nitrogens is 4. The Hall–Kier alpha value is -3.78. The molecule has 3 aromatic heterocycles. The van der Waals surface area contributed by atoms with Gasteiger partial charge in [0.05, 0.1) is 30.8 Å². The van der Waals surface area contributed by atoms with E-state index >= 15 is 0 Å². The molecule has 0 spiro atoms. The Kier molecular flexibility index (Phi) is 4.84. The van der Waals surface area contributed by atoms with E-state index in [0.29, 0.717) is 12.2 Å². The number of nitrogens with zero attached hydrogens (tertiary/aromatic N) is 5. The van der Waals surface area contributed by atoms with Crippen molar-refractivity contribution in [3.8, 4) is 11.3 Å². The van der Waals surface area contributed by atoms with Crippen molar-refractivity contribution >= 4 is 28.8 Å². The molecule has 34 heavy (non-hydrogen) atoms. The molecule has 0 saturated carbocycles. The van der Waals surface area contributed by atoms with E-state index in [1.807, 2.05) is 55.0 Å². The molecule has 0 radical (unpaired) electrons. The summed E-state index contributed by atoms with van der Waals surface area (Å²) in [6, 6.07) is 10.2. The van der Waals surface area contributed by atoms with Gasteiger partial charge in [0.25, 0.3) is 0 Å². The number of rotatable bonds is 4. The molecule has 0 atom stereocenters. The fraction of sp³-hybridized carbons (Fsp3) is 0.308. The highest BCUT2D eigenvalue weighted by Crippen LogP contribution is 2.37. The van der Waals surface area contributed by atoms with Crippen molar-refractivity contribution in [2.75, 3.05) is 36.5 Å². The molecule has 1 aromatic carbocycles. The first-order valence-corrected chi connectivity index (χ1v) is 11.6. The van der Waals surface area contributed by atoms with E-state index in [0.717, 1.165) is 65.8 Å². The minimum atomic E-state index is -0.428. The van der Waals surface area contributed by atoms with Gasteiger partial charge in [0.1, 0.15) is 11.6 Å². The molecule has 8 heteroatoms. The van der Waals surface area contributed by atoms with E-state index < -0.39 is 5.41 Å². The number of ketones is 1. The second-order valence-corrected chi connectivity index (χ2v) is 9.36. The summed E-state index contributed by atoms with van der Waals surface area (Å²) in [6.07, 6.45) is 7.93. The van der Waals surface area contributed by atoms with E-state index in [1.54, 1.807) is 6.20 Å². The maximum absolute atomic E-state index is 12.5. The topological polar surface area (TPSA) is 84.7 Å². The van der Waals surface area contributed by atoms with Crippen LogP contribution in [0.4, 0.5) is 17.3 Å². The van der Waals surface area contributed by atoms with Crippen LogP contribution in [0.25, 0.3) is 16.9 Å². The SMILES string of the molecule is CC1(C)C(=O)Cc2cc(-c3cn4ccnc4c(Nc4ccc(N5CCOCC5)nc4)n3)ccc21.